The van der Waals surface area contributed by atoms with Gasteiger partial charge in [-0.25, -0.2) is 4.39 Å². The topological polar surface area (TPSA) is 70.2 Å². The number of halogens is 1. The summed E-state index contributed by atoms with van der Waals surface area (Å²) in [4.78, 5) is 44.4. The Kier molecular flexibility index (Phi) is 11.1. The smallest absolute Gasteiger partial charge is 0.258 e. The zero-order chi connectivity index (χ0) is 27.5. The highest BCUT2D eigenvalue weighted by atomic mass is 19.1. The predicted octanol–water partition coefficient (Wildman–Crippen LogP) is 4.55. The Morgan fingerprint density at radius 1 is 1.03 bits per heavy atom. The maximum absolute atomic E-state index is 13.4. The normalized spacial score (nSPS) is 17.1. The predicted molar refractivity (Wildman–Crippen MR) is 146 cm³/mol. The van der Waals surface area contributed by atoms with Crippen LogP contribution in [-0.2, 0) is 16.0 Å². The number of carbonyl (C=O) groups excluding carboxylic acids is 3. The van der Waals surface area contributed by atoms with Crippen molar-refractivity contribution >= 4 is 17.7 Å². The number of carbonyl (C=O) groups is 3. The van der Waals surface area contributed by atoms with Gasteiger partial charge in [-0.15, -0.1) is 0 Å². The number of hydrogen-bond donors (Lipinski definition) is 0. The van der Waals surface area contributed by atoms with Crippen LogP contribution in [0, 0.1) is 5.82 Å². The molecule has 0 saturated carbocycles. The van der Waals surface area contributed by atoms with E-state index in [0.717, 1.165) is 24.8 Å². The van der Waals surface area contributed by atoms with Crippen LogP contribution in [0.2, 0.25) is 0 Å². The summed E-state index contributed by atoms with van der Waals surface area (Å²) < 4.78 is 19.0. The van der Waals surface area contributed by atoms with Gasteiger partial charge in [-0.2, -0.15) is 0 Å². The van der Waals surface area contributed by atoms with Crippen molar-refractivity contribution in [1.29, 1.82) is 0 Å². The van der Waals surface area contributed by atoms with E-state index in [1.807, 2.05) is 6.07 Å². The van der Waals surface area contributed by atoms with E-state index in [1.54, 1.807) is 61.3 Å². The molecule has 1 aliphatic rings. The molecule has 0 aromatic heterocycles. The first-order valence-corrected chi connectivity index (χ1v) is 13.5. The minimum Gasteiger partial charge on any atom is -0.493 e. The molecule has 7 nitrogen and oxygen atoms in total. The molecule has 8 heteroatoms. The molecule has 0 spiro atoms. The molecular formula is C30H40FN3O4. The molecule has 1 atom stereocenters. The molecule has 206 valence electrons. The van der Waals surface area contributed by atoms with Crippen LogP contribution in [0.15, 0.2) is 48.5 Å². The van der Waals surface area contributed by atoms with Crippen LogP contribution >= 0.6 is 0 Å². The fourth-order valence-electron chi connectivity index (χ4n) is 4.66. The lowest BCUT2D eigenvalue weighted by atomic mass is 10.0. The van der Waals surface area contributed by atoms with Gasteiger partial charge in [-0.1, -0.05) is 24.3 Å². The lowest BCUT2D eigenvalue weighted by molar-refractivity contribution is -0.135. The molecule has 0 fully saturated rings. The molecule has 0 saturated heterocycles. The summed E-state index contributed by atoms with van der Waals surface area (Å²) in [6, 6.07) is 12.8. The Hall–Kier alpha value is -3.42. The quantitative estimate of drug-likeness (QED) is 0.474. The standard InChI is InChI=1S/C30H40FN3O4/c1-32(28(35)19-16-23-14-17-24(31)18-15-23)20-9-7-12-26-30(37)33(2)21-8-4-10-22-38-27-13-6-5-11-25(27)29(36)34(26)3/h5-6,11,13-15,17-18,26H,4,7-10,12,16,19-22H2,1-3H3/t26-/m0/s1. The van der Waals surface area contributed by atoms with Crippen LogP contribution in [0.4, 0.5) is 4.39 Å². The van der Waals surface area contributed by atoms with Crippen molar-refractivity contribution in [2.75, 3.05) is 40.8 Å². The van der Waals surface area contributed by atoms with Crippen LogP contribution in [0.25, 0.3) is 0 Å². The summed E-state index contributed by atoms with van der Waals surface area (Å²) in [6.07, 6.45) is 5.51. The maximum atomic E-state index is 13.4. The number of rotatable bonds is 8. The first-order chi connectivity index (χ1) is 18.3. The Morgan fingerprint density at radius 3 is 2.53 bits per heavy atom. The van der Waals surface area contributed by atoms with Gasteiger partial charge >= 0.3 is 0 Å². The molecular weight excluding hydrogens is 485 g/mol. The Balaban J connectivity index is 1.59. The number of unbranched alkanes of at least 4 members (excludes halogenated alkanes) is 1. The minimum absolute atomic E-state index is 0.0242. The first kappa shape index (κ1) is 29.1. The molecule has 2 aromatic carbocycles. The average molecular weight is 526 g/mol. The number of nitrogens with zero attached hydrogens (tertiary/aromatic N) is 3. The van der Waals surface area contributed by atoms with Gasteiger partial charge in [0, 0.05) is 40.7 Å². The Bertz CT molecular complexity index is 1080. The van der Waals surface area contributed by atoms with Crippen molar-refractivity contribution in [2.24, 2.45) is 0 Å². The van der Waals surface area contributed by atoms with Gasteiger partial charge in [0.05, 0.1) is 12.2 Å². The largest absolute Gasteiger partial charge is 0.493 e. The van der Waals surface area contributed by atoms with Crippen molar-refractivity contribution in [2.45, 2.75) is 57.4 Å². The summed E-state index contributed by atoms with van der Waals surface area (Å²) in [5.74, 6) is -0.0225. The molecule has 38 heavy (non-hydrogen) atoms. The van der Waals surface area contributed by atoms with E-state index in [2.05, 4.69) is 0 Å². The van der Waals surface area contributed by atoms with Gasteiger partial charge in [0.25, 0.3) is 5.91 Å². The van der Waals surface area contributed by atoms with Crippen molar-refractivity contribution in [3.63, 3.8) is 0 Å². The van der Waals surface area contributed by atoms with Crippen molar-refractivity contribution in [3.05, 3.63) is 65.5 Å². The first-order valence-electron chi connectivity index (χ1n) is 13.5. The van der Waals surface area contributed by atoms with Gasteiger partial charge in [0.2, 0.25) is 11.8 Å². The molecule has 0 radical (unpaired) electrons. The Morgan fingerprint density at radius 2 is 1.76 bits per heavy atom. The lowest BCUT2D eigenvalue weighted by Crippen LogP contribution is -2.48. The van der Waals surface area contributed by atoms with Crippen LogP contribution in [0.1, 0.15) is 60.9 Å². The third-order valence-corrected chi connectivity index (χ3v) is 7.15. The molecule has 3 rings (SSSR count). The van der Waals surface area contributed by atoms with Crippen LogP contribution in [0.3, 0.4) is 0 Å². The molecule has 0 aliphatic carbocycles. The molecule has 0 N–H and O–H groups in total. The highest BCUT2D eigenvalue weighted by Crippen LogP contribution is 2.23. The molecule has 1 aliphatic heterocycles. The number of fused-ring (bicyclic) bond motifs is 1. The summed E-state index contributed by atoms with van der Waals surface area (Å²) in [5, 5.41) is 0. The monoisotopic (exact) mass is 525 g/mol. The van der Waals surface area contributed by atoms with Crippen LogP contribution in [-0.4, -0.2) is 79.3 Å². The zero-order valence-electron chi connectivity index (χ0n) is 22.8. The molecule has 0 unspecified atom stereocenters. The van der Waals surface area contributed by atoms with E-state index in [-0.39, 0.29) is 23.5 Å². The number of ether oxygens (including phenoxy) is 1. The average Bonchev–Trinajstić information content (AvgIpc) is 2.93. The summed E-state index contributed by atoms with van der Waals surface area (Å²) in [7, 11) is 5.25. The fraction of sp³-hybridized carbons (Fsp3) is 0.500. The van der Waals surface area contributed by atoms with Crippen molar-refractivity contribution in [1.82, 2.24) is 14.7 Å². The number of benzene rings is 2. The van der Waals surface area contributed by atoms with Gasteiger partial charge in [-0.3, -0.25) is 14.4 Å². The molecule has 1 heterocycles. The van der Waals surface area contributed by atoms with Gasteiger partial charge in [0.1, 0.15) is 17.6 Å². The second-order valence-electron chi connectivity index (χ2n) is 10.0. The zero-order valence-corrected chi connectivity index (χ0v) is 22.8. The lowest BCUT2D eigenvalue weighted by Gasteiger charge is -2.31. The minimum atomic E-state index is -0.596. The van der Waals surface area contributed by atoms with Gasteiger partial charge < -0.3 is 19.4 Å². The second-order valence-corrected chi connectivity index (χ2v) is 10.0. The van der Waals surface area contributed by atoms with E-state index >= 15 is 0 Å². The van der Waals surface area contributed by atoms with Crippen LogP contribution in [0.5, 0.6) is 5.75 Å². The maximum Gasteiger partial charge on any atom is 0.258 e. The molecule has 0 bridgehead atoms. The number of para-hydroxylation sites is 1. The third-order valence-electron chi connectivity index (χ3n) is 7.15. The number of likely N-dealkylation sites (N-methyl/N-ethyl adjacent to an activating group) is 2. The third kappa shape index (κ3) is 8.30. The highest BCUT2D eigenvalue weighted by Gasteiger charge is 2.31. The molecule has 2 aromatic rings. The van der Waals surface area contributed by atoms with Gasteiger partial charge in [-0.05, 0) is 74.8 Å². The fourth-order valence-corrected chi connectivity index (χ4v) is 4.66. The van der Waals surface area contributed by atoms with Crippen LogP contribution < -0.4 is 4.74 Å². The summed E-state index contributed by atoms with van der Waals surface area (Å²) >= 11 is 0. The Labute approximate surface area is 225 Å². The van der Waals surface area contributed by atoms with E-state index in [0.29, 0.717) is 63.1 Å². The van der Waals surface area contributed by atoms with Gasteiger partial charge in [0.15, 0.2) is 0 Å². The van der Waals surface area contributed by atoms with Crippen molar-refractivity contribution in [3.8, 4) is 5.75 Å². The number of hydrogen-bond acceptors (Lipinski definition) is 4. The van der Waals surface area contributed by atoms with E-state index in [4.69, 9.17) is 4.74 Å². The SMILES string of the molecule is CN(CCCC[C@H]1C(=O)N(C)CCCCCOc2ccccc2C(=O)N1C)C(=O)CCc1ccc(F)cc1. The second kappa shape index (κ2) is 14.5. The highest BCUT2D eigenvalue weighted by molar-refractivity contribution is 5.99. The molecule has 3 amide bonds. The summed E-state index contributed by atoms with van der Waals surface area (Å²) in [6.45, 7) is 1.73. The van der Waals surface area contributed by atoms with Crippen molar-refractivity contribution < 1.29 is 23.5 Å². The van der Waals surface area contributed by atoms with E-state index in [1.165, 1.54) is 17.0 Å². The number of aryl methyl sites for hydroxylation is 1. The number of amides is 3. The summed E-state index contributed by atoms with van der Waals surface area (Å²) in [5.41, 5.74) is 1.38. The van der Waals surface area contributed by atoms with E-state index < -0.39 is 6.04 Å². The van der Waals surface area contributed by atoms with E-state index in [9.17, 15) is 18.8 Å².